The van der Waals surface area contributed by atoms with Crippen LogP contribution in [-0.4, -0.2) is 111 Å². The van der Waals surface area contributed by atoms with Gasteiger partial charge in [-0.15, -0.1) is 0 Å². The number of carbonyl (C=O) groups is 3. The van der Waals surface area contributed by atoms with Crippen molar-refractivity contribution in [3.05, 3.63) is 35.7 Å². The summed E-state index contributed by atoms with van der Waals surface area (Å²) in [5, 5.41) is 13.0. The lowest BCUT2D eigenvalue weighted by molar-refractivity contribution is -0.857. The molecule has 13 heteroatoms. The minimum absolute atomic E-state index is 0.0919. The van der Waals surface area contributed by atoms with Gasteiger partial charge in [0.15, 0.2) is 15.2 Å². The molecule has 2 saturated heterocycles. The van der Waals surface area contributed by atoms with E-state index in [1.807, 2.05) is 26.0 Å². The predicted octanol–water partition coefficient (Wildman–Crippen LogP) is -3.26. The molecule has 3 atom stereocenters. The van der Waals surface area contributed by atoms with Crippen molar-refractivity contribution in [1.82, 2.24) is 20.1 Å². The van der Waals surface area contributed by atoms with Crippen molar-refractivity contribution in [3.63, 3.8) is 0 Å². The summed E-state index contributed by atoms with van der Waals surface area (Å²) in [6.07, 6.45) is 1.92. The fraction of sp³-hybridized carbons (Fsp3) is 0.545. The van der Waals surface area contributed by atoms with E-state index in [1.54, 1.807) is 18.2 Å². The van der Waals surface area contributed by atoms with Crippen molar-refractivity contribution in [2.45, 2.75) is 23.1 Å². The number of quaternary nitrogens is 1. The minimum Gasteiger partial charge on any atom is -0.548 e. The Bertz CT molecular complexity index is 1110. The highest BCUT2D eigenvalue weighted by atomic mass is 32.2. The molecule has 0 bridgehead atoms. The number of alkyl carbamates (subject to hydrolysis) is 1. The van der Waals surface area contributed by atoms with Crippen LogP contribution in [0.5, 0.6) is 0 Å². The summed E-state index contributed by atoms with van der Waals surface area (Å²) in [4.78, 5) is 45.0. The molecule has 1 aromatic rings. The number of likely N-dealkylation sites (N-methyl/N-ethyl adjacent to an activating group) is 2. The maximum Gasteiger partial charge on any atom is 0.407 e. The number of ether oxygens (including phenoxy) is 1. The van der Waals surface area contributed by atoms with Crippen LogP contribution < -0.4 is 15.3 Å². The minimum atomic E-state index is -4.30. The number of amides is 2. The maximum absolute atomic E-state index is 13.4. The SMILES string of the molecule is CN(CCNC(=O)OC[C@@]1(C)[C@H](C(=O)[O-])N2C(=O)/C(=C/c3ccccn3)[C@H]2S1(=O)=O)CC[NH+](C)C. The zero-order chi connectivity index (χ0) is 26.0. The average Bonchev–Trinajstić information content (AvgIpc) is 2.96. The van der Waals surface area contributed by atoms with Crippen molar-refractivity contribution < 1.29 is 37.5 Å². The smallest absolute Gasteiger partial charge is 0.407 e. The van der Waals surface area contributed by atoms with Crippen LogP contribution in [0.15, 0.2) is 30.0 Å². The highest BCUT2D eigenvalue weighted by Gasteiger charge is 2.70. The molecule has 0 unspecified atom stereocenters. The quantitative estimate of drug-likeness (QED) is 0.244. The molecule has 3 rings (SSSR count). The number of pyridine rings is 1. The van der Waals surface area contributed by atoms with Gasteiger partial charge in [0, 0.05) is 25.8 Å². The molecule has 0 aromatic carbocycles. The number of rotatable bonds is 10. The molecule has 192 valence electrons. The topological polar surface area (TPSA) is 153 Å². The van der Waals surface area contributed by atoms with Crippen molar-refractivity contribution in [2.24, 2.45) is 0 Å². The molecule has 0 aliphatic carbocycles. The summed E-state index contributed by atoms with van der Waals surface area (Å²) in [6, 6.07) is 3.12. The highest BCUT2D eigenvalue weighted by molar-refractivity contribution is 7.94. The molecule has 0 saturated carbocycles. The number of aliphatic carboxylic acids is 1. The van der Waals surface area contributed by atoms with Crippen LogP contribution >= 0.6 is 0 Å². The van der Waals surface area contributed by atoms with Crippen LogP contribution in [-0.2, 0) is 24.2 Å². The van der Waals surface area contributed by atoms with Gasteiger partial charge in [-0.2, -0.15) is 0 Å². The lowest BCUT2D eigenvalue weighted by Crippen LogP contribution is -3.06. The van der Waals surface area contributed by atoms with E-state index in [9.17, 15) is 27.9 Å². The first-order valence-electron chi connectivity index (χ1n) is 11.2. The Morgan fingerprint density at radius 2 is 2.06 bits per heavy atom. The van der Waals surface area contributed by atoms with Gasteiger partial charge in [0.25, 0.3) is 5.91 Å². The van der Waals surface area contributed by atoms with E-state index < -0.39 is 50.6 Å². The summed E-state index contributed by atoms with van der Waals surface area (Å²) < 4.78 is 29.9. The fourth-order valence-electron chi connectivity index (χ4n) is 4.13. The van der Waals surface area contributed by atoms with Crippen molar-refractivity contribution in [3.8, 4) is 0 Å². The molecule has 2 amide bonds. The number of sulfone groups is 1. The highest BCUT2D eigenvalue weighted by Crippen LogP contribution is 2.49. The number of carboxylic acids is 1. The molecule has 35 heavy (non-hydrogen) atoms. The van der Waals surface area contributed by atoms with E-state index in [-0.39, 0.29) is 12.1 Å². The first-order chi connectivity index (χ1) is 16.4. The third-order valence-corrected chi connectivity index (χ3v) is 8.97. The van der Waals surface area contributed by atoms with Crippen LogP contribution in [0.4, 0.5) is 4.79 Å². The molecule has 2 N–H and O–H groups in total. The van der Waals surface area contributed by atoms with Gasteiger partial charge in [0.05, 0.1) is 43.9 Å². The monoisotopic (exact) mass is 509 g/mol. The molecule has 2 aliphatic rings. The number of carbonyl (C=O) groups excluding carboxylic acids is 3. The Hall–Kier alpha value is -3.03. The summed E-state index contributed by atoms with van der Waals surface area (Å²) >= 11 is 0. The number of hydrogen-bond donors (Lipinski definition) is 2. The van der Waals surface area contributed by atoms with Crippen molar-refractivity contribution in [1.29, 1.82) is 0 Å². The Morgan fingerprint density at radius 1 is 1.34 bits per heavy atom. The van der Waals surface area contributed by atoms with Gasteiger partial charge in [-0.3, -0.25) is 14.7 Å². The van der Waals surface area contributed by atoms with Gasteiger partial charge in [0.1, 0.15) is 11.4 Å². The Kier molecular flexibility index (Phi) is 7.82. The van der Waals surface area contributed by atoms with Crippen LogP contribution in [0.25, 0.3) is 6.08 Å². The van der Waals surface area contributed by atoms with E-state index in [0.29, 0.717) is 12.2 Å². The number of aromatic nitrogens is 1. The van der Waals surface area contributed by atoms with Crippen LogP contribution in [0.3, 0.4) is 0 Å². The standard InChI is InChI=1S/C22H31N5O7S/c1-22(14-34-21(31)24-9-10-26(4)12-11-25(2)3)17(20(29)30)27-18(28)16(19(27)35(22,32)33)13-15-7-5-6-8-23-15/h5-8,13,17,19H,9-12,14H2,1-4H3,(H,24,31)(H,29,30)/b16-13-/t17-,19+,22-/m0/s1. The van der Waals surface area contributed by atoms with Gasteiger partial charge in [-0.1, -0.05) is 6.07 Å². The van der Waals surface area contributed by atoms with Crippen LogP contribution in [0.1, 0.15) is 12.6 Å². The number of hydrogen-bond acceptors (Lipinski definition) is 9. The lowest BCUT2D eigenvalue weighted by atomic mass is 9.94. The number of carboxylic acid groups (broad SMARTS) is 1. The van der Waals surface area contributed by atoms with E-state index in [2.05, 4.69) is 10.3 Å². The molecule has 0 radical (unpaired) electrons. The molecule has 3 heterocycles. The molecular weight excluding hydrogens is 478 g/mol. The van der Waals surface area contributed by atoms with E-state index in [4.69, 9.17) is 4.74 Å². The normalized spacial score (nSPS) is 26.1. The van der Waals surface area contributed by atoms with Crippen molar-refractivity contribution >= 4 is 33.9 Å². The van der Waals surface area contributed by atoms with Crippen molar-refractivity contribution in [2.75, 3.05) is 53.9 Å². The van der Waals surface area contributed by atoms with Crippen LogP contribution in [0.2, 0.25) is 0 Å². The van der Waals surface area contributed by atoms with E-state index in [1.165, 1.54) is 17.2 Å². The van der Waals surface area contributed by atoms with Gasteiger partial charge >= 0.3 is 6.09 Å². The first-order valence-corrected chi connectivity index (χ1v) is 12.7. The summed E-state index contributed by atoms with van der Waals surface area (Å²) in [6.45, 7) is 2.95. The zero-order valence-corrected chi connectivity index (χ0v) is 21.0. The predicted molar refractivity (Wildman–Crippen MR) is 123 cm³/mol. The third-order valence-electron chi connectivity index (χ3n) is 6.26. The summed E-state index contributed by atoms with van der Waals surface area (Å²) in [5.74, 6) is -2.48. The Balaban J connectivity index is 1.70. The molecular formula is C22H31N5O7S. The molecule has 1 aromatic heterocycles. The molecule has 2 fully saturated rings. The first kappa shape index (κ1) is 26.6. The second-order valence-corrected chi connectivity index (χ2v) is 11.7. The second-order valence-electron chi connectivity index (χ2n) is 9.26. The zero-order valence-electron chi connectivity index (χ0n) is 20.2. The fourth-order valence-corrected chi connectivity index (χ4v) is 6.41. The summed E-state index contributed by atoms with van der Waals surface area (Å²) in [7, 11) is 1.68. The molecule has 0 spiro atoms. The maximum atomic E-state index is 13.4. The van der Waals surface area contributed by atoms with E-state index in [0.717, 1.165) is 24.9 Å². The molecule has 2 aliphatic heterocycles. The average molecular weight is 510 g/mol. The van der Waals surface area contributed by atoms with Crippen LogP contribution in [0, 0.1) is 0 Å². The van der Waals surface area contributed by atoms with Gasteiger partial charge in [0.2, 0.25) is 0 Å². The van der Waals surface area contributed by atoms with E-state index >= 15 is 0 Å². The lowest BCUT2D eigenvalue weighted by Gasteiger charge is -2.40. The second kappa shape index (κ2) is 10.3. The molecule has 12 nitrogen and oxygen atoms in total. The number of nitrogens with zero attached hydrogens (tertiary/aromatic N) is 3. The van der Waals surface area contributed by atoms with Gasteiger partial charge in [-0.25, -0.2) is 13.2 Å². The Labute approximate surface area is 204 Å². The van der Waals surface area contributed by atoms with Gasteiger partial charge in [-0.05, 0) is 32.2 Å². The summed E-state index contributed by atoms with van der Waals surface area (Å²) in [5.41, 5.74) is 0.266. The number of fused-ring (bicyclic) bond motifs is 1. The number of β-lactam (4-membered cyclic amide) rings is 1. The largest absolute Gasteiger partial charge is 0.548 e. The van der Waals surface area contributed by atoms with Gasteiger partial charge < -0.3 is 29.8 Å². The number of nitrogens with one attached hydrogen (secondary N) is 2. The Morgan fingerprint density at radius 3 is 2.66 bits per heavy atom. The third kappa shape index (κ3) is 5.16.